The summed E-state index contributed by atoms with van der Waals surface area (Å²) < 4.78 is 29.1. The molecule has 0 spiro atoms. The van der Waals surface area contributed by atoms with Gasteiger partial charge in [0.2, 0.25) is 0 Å². The molecule has 106 valence electrons. The molecule has 2 rings (SSSR count). The van der Waals surface area contributed by atoms with Gasteiger partial charge in [0, 0.05) is 13.7 Å². The number of ether oxygens (including phenoxy) is 1. The van der Waals surface area contributed by atoms with Crippen molar-refractivity contribution >= 4 is 9.84 Å². The Bertz CT molecular complexity index is 543. The number of fused-ring (bicyclic) bond motifs is 1. The maximum absolute atomic E-state index is 12.1. The highest BCUT2D eigenvalue weighted by Crippen LogP contribution is 2.36. The molecule has 1 aliphatic heterocycles. The number of benzene rings is 1. The van der Waals surface area contributed by atoms with Gasteiger partial charge in [-0.05, 0) is 18.1 Å². The molecule has 0 aliphatic carbocycles. The Morgan fingerprint density at radius 2 is 2.16 bits per heavy atom. The van der Waals surface area contributed by atoms with Crippen LogP contribution in [-0.2, 0) is 20.1 Å². The fraction of sp³-hybridized carbons (Fsp3) is 0.538. The van der Waals surface area contributed by atoms with Crippen LogP contribution in [0.4, 0.5) is 0 Å². The number of aliphatic hydroxyl groups excluding tert-OH is 1. The Hall–Kier alpha value is -0.950. The minimum Gasteiger partial charge on any atom is -0.394 e. The molecule has 0 fully saturated rings. The highest BCUT2D eigenvalue weighted by Gasteiger charge is 2.41. The monoisotopic (exact) mass is 285 g/mol. The molecule has 5 nitrogen and oxygen atoms in total. The van der Waals surface area contributed by atoms with Crippen molar-refractivity contribution in [1.82, 2.24) is 5.32 Å². The summed E-state index contributed by atoms with van der Waals surface area (Å²) in [6.45, 7) is 0.936. The van der Waals surface area contributed by atoms with Crippen LogP contribution in [-0.4, -0.2) is 46.1 Å². The molecule has 1 unspecified atom stereocenters. The molecule has 0 saturated heterocycles. The number of rotatable bonds is 5. The van der Waals surface area contributed by atoms with Crippen molar-refractivity contribution in [1.29, 1.82) is 0 Å². The minimum atomic E-state index is -3.24. The Balaban J connectivity index is 2.41. The predicted octanol–water partition coefficient (Wildman–Crippen LogP) is 0.288. The van der Waals surface area contributed by atoms with Gasteiger partial charge in [-0.2, -0.15) is 0 Å². The summed E-state index contributed by atoms with van der Waals surface area (Å²) in [5.41, 5.74) is -0.0414. The van der Waals surface area contributed by atoms with E-state index in [2.05, 4.69) is 5.32 Å². The van der Waals surface area contributed by atoms with Gasteiger partial charge in [0.1, 0.15) is 0 Å². The van der Waals surface area contributed by atoms with E-state index in [1.165, 1.54) is 0 Å². The first-order valence-electron chi connectivity index (χ1n) is 6.23. The van der Waals surface area contributed by atoms with Crippen LogP contribution < -0.4 is 5.32 Å². The van der Waals surface area contributed by atoms with Crippen LogP contribution in [0, 0.1) is 0 Å². The van der Waals surface area contributed by atoms with E-state index < -0.39 is 15.4 Å². The smallest absolute Gasteiger partial charge is 0.178 e. The zero-order valence-corrected chi connectivity index (χ0v) is 11.7. The van der Waals surface area contributed by atoms with Crippen LogP contribution in [0.2, 0.25) is 0 Å². The van der Waals surface area contributed by atoms with Crippen molar-refractivity contribution in [3.63, 3.8) is 0 Å². The second kappa shape index (κ2) is 5.58. The SMILES string of the molecule is COCCNC1(CO)CCS(=O)(=O)c2ccccc21. The van der Waals surface area contributed by atoms with Crippen LogP contribution in [0.25, 0.3) is 0 Å². The second-order valence-electron chi connectivity index (χ2n) is 4.72. The third kappa shape index (κ3) is 2.67. The summed E-state index contributed by atoms with van der Waals surface area (Å²) in [4.78, 5) is 0.320. The van der Waals surface area contributed by atoms with Crippen molar-refractivity contribution < 1.29 is 18.3 Å². The van der Waals surface area contributed by atoms with Crippen molar-refractivity contribution in [3.8, 4) is 0 Å². The van der Waals surface area contributed by atoms with Crippen molar-refractivity contribution in [2.24, 2.45) is 0 Å². The van der Waals surface area contributed by atoms with Crippen molar-refractivity contribution in [3.05, 3.63) is 29.8 Å². The molecule has 1 aromatic carbocycles. The lowest BCUT2D eigenvalue weighted by Crippen LogP contribution is -2.51. The fourth-order valence-corrected chi connectivity index (χ4v) is 4.20. The van der Waals surface area contributed by atoms with Crippen LogP contribution >= 0.6 is 0 Å². The lowest BCUT2D eigenvalue weighted by atomic mass is 9.87. The van der Waals surface area contributed by atoms with Crippen LogP contribution in [0.3, 0.4) is 0 Å². The second-order valence-corrected chi connectivity index (χ2v) is 6.80. The van der Waals surface area contributed by atoms with Gasteiger partial charge in [-0.3, -0.25) is 0 Å². The largest absolute Gasteiger partial charge is 0.394 e. The average molecular weight is 285 g/mol. The van der Waals surface area contributed by atoms with Gasteiger partial charge >= 0.3 is 0 Å². The van der Waals surface area contributed by atoms with Crippen LogP contribution in [0.5, 0.6) is 0 Å². The molecule has 1 atom stereocenters. The fourth-order valence-electron chi connectivity index (χ4n) is 2.48. The standard InChI is InChI=1S/C13H19NO4S/c1-18-8-7-14-13(10-15)6-9-19(16,17)12-5-3-2-4-11(12)13/h2-5,14-15H,6-10H2,1H3. The molecular weight excluding hydrogens is 266 g/mol. The minimum absolute atomic E-state index is 0.0462. The van der Waals surface area contributed by atoms with E-state index in [1.807, 2.05) is 0 Å². The Kier molecular flexibility index (Phi) is 4.25. The van der Waals surface area contributed by atoms with E-state index in [0.717, 1.165) is 0 Å². The molecule has 2 N–H and O–H groups in total. The molecule has 1 aromatic rings. The maximum atomic E-state index is 12.1. The topological polar surface area (TPSA) is 75.6 Å². The zero-order chi connectivity index (χ0) is 13.9. The quantitative estimate of drug-likeness (QED) is 0.760. The Morgan fingerprint density at radius 1 is 1.42 bits per heavy atom. The zero-order valence-electron chi connectivity index (χ0n) is 10.9. The molecule has 0 bridgehead atoms. The van der Waals surface area contributed by atoms with E-state index in [0.29, 0.717) is 30.0 Å². The lowest BCUT2D eigenvalue weighted by molar-refractivity contribution is 0.131. The number of hydrogen-bond acceptors (Lipinski definition) is 5. The van der Waals surface area contributed by atoms with E-state index in [-0.39, 0.29) is 12.4 Å². The van der Waals surface area contributed by atoms with E-state index in [9.17, 15) is 13.5 Å². The highest BCUT2D eigenvalue weighted by atomic mass is 32.2. The third-order valence-electron chi connectivity index (χ3n) is 3.57. The number of aliphatic hydroxyl groups is 1. The Morgan fingerprint density at radius 3 is 2.84 bits per heavy atom. The first kappa shape index (κ1) is 14.5. The molecule has 1 heterocycles. The van der Waals surface area contributed by atoms with E-state index in [1.54, 1.807) is 31.4 Å². The summed E-state index contributed by atoms with van der Waals surface area (Å²) in [5, 5.41) is 13.0. The number of hydrogen-bond donors (Lipinski definition) is 2. The molecular formula is C13H19NO4S. The lowest BCUT2D eigenvalue weighted by Gasteiger charge is -2.38. The maximum Gasteiger partial charge on any atom is 0.178 e. The van der Waals surface area contributed by atoms with Crippen molar-refractivity contribution in [2.45, 2.75) is 16.9 Å². The van der Waals surface area contributed by atoms with E-state index >= 15 is 0 Å². The van der Waals surface area contributed by atoms with Gasteiger partial charge in [0.25, 0.3) is 0 Å². The third-order valence-corrected chi connectivity index (χ3v) is 5.34. The summed E-state index contributed by atoms with van der Waals surface area (Å²) in [7, 11) is -1.63. The highest BCUT2D eigenvalue weighted by molar-refractivity contribution is 7.91. The van der Waals surface area contributed by atoms with Gasteiger partial charge in [-0.15, -0.1) is 0 Å². The summed E-state index contributed by atoms with van der Waals surface area (Å²) in [6, 6.07) is 6.87. The number of methoxy groups -OCH3 is 1. The summed E-state index contributed by atoms with van der Waals surface area (Å²) in [6.07, 6.45) is 0.368. The summed E-state index contributed by atoms with van der Waals surface area (Å²) >= 11 is 0. The molecule has 0 amide bonds. The molecule has 6 heteroatoms. The molecule has 1 aliphatic rings. The van der Waals surface area contributed by atoms with Gasteiger partial charge < -0.3 is 15.2 Å². The molecule has 0 saturated carbocycles. The average Bonchev–Trinajstić information content (AvgIpc) is 2.42. The normalized spacial score (nSPS) is 24.9. The molecule has 0 radical (unpaired) electrons. The molecule has 19 heavy (non-hydrogen) atoms. The first-order valence-corrected chi connectivity index (χ1v) is 7.88. The van der Waals surface area contributed by atoms with Crippen LogP contribution in [0.1, 0.15) is 12.0 Å². The van der Waals surface area contributed by atoms with Gasteiger partial charge in [-0.1, -0.05) is 18.2 Å². The van der Waals surface area contributed by atoms with E-state index in [4.69, 9.17) is 4.74 Å². The predicted molar refractivity (Wildman–Crippen MR) is 71.8 cm³/mol. The number of nitrogens with one attached hydrogen (secondary N) is 1. The first-order chi connectivity index (χ1) is 9.06. The summed E-state index contributed by atoms with van der Waals surface area (Å²) in [5.74, 6) is 0.0462. The Labute approximate surface area is 113 Å². The van der Waals surface area contributed by atoms with Crippen LogP contribution in [0.15, 0.2) is 29.2 Å². The number of sulfone groups is 1. The van der Waals surface area contributed by atoms with Gasteiger partial charge in [-0.25, -0.2) is 8.42 Å². The van der Waals surface area contributed by atoms with Crippen molar-refractivity contribution in [2.75, 3.05) is 32.6 Å². The van der Waals surface area contributed by atoms with Gasteiger partial charge in [0.05, 0.1) is 29.4 Å². The molecule has 0 aromatic heterocycles. The van der Waals surface area contributed by atoms with Gasteiger partial charge in [0.15, 0.2) is 9.84 Å².